The van der Waals surface area contributed by atoms with Crippen molar-refractivity contribution in [2.45, 2.75) is 31.1 Å². The first-order chi connectivity index (χ1) is 13.7. The van der Waals surface area contributed by atoms with Crippen LogP contribution in [-0.2, 0) is 11.8 Å². The fourth-order valence-electron chi connectivity index (χ4n) is 4.26. The Morgan fingerprint density at radius 3 is 2.69 bits per heavy atom. The number of benzene rings is 2. The van der Waals surface area contributed by atoms with Crippen LogP contribution in [0.5, 0.6) is 0 Å². The minimum absolute atomic E-state index is 0. The highest BCUT2D eigenvalue weighted by Gasteiger charge is 2.44. The fraction of sp³-hybridized carbons (Fsp3) is 0.409. The van der Waals surface area contributed by atoms with E-state index < -0.39 is 0 Å². The van der Waals surface area contributed by atoms with Gasteiger partial charge >= 0.3 is 0 Å². The highest BCUT2D eigenvalue weighted by Crippen LogP contribution is 2.48. The Kier molecular flexibility index (Phi) is 5.56. The third-order valence-electron chi connectivity index (χ3n) is 6.05. The van der Waals surface area contributed by atoms with Gasteiger partial charge in [-0.15, -0.1) is 12.4 Å². The van der Waals surface area contributed by atoms with Gasteiger partial charge in [0.15, 0.2) is 5.82 Å². The lowest BCUT2D eigenvalue weighted by molar-refractivity contribution is -0.117. The number of carbonyl (C=O) groups is 1. The lowest BCUT2D eigenvalue weighted by Gasteiger charge is -2.19. The Morgan fingerprint density at radius 2 is 1.90 bits per heavy atom. The number of anilines is 1. The Balaban J connectivity index is 0.00000205. The number of aryl methyl sites for hydroxylation is 1. The maximum Gasteiger partial charge on any atom is 0.230 e. The number of rotatable bonds is 4. The summed E-state index contributed by atoms with van der Waals surface area (Å²) >= 11 is 0. The number of hydrogen-bond acceptors (Lipinski definition) is 4. The number of nitrogens with one attached hydrogen (secondary N) is 2. The van der Waals surface area contributed by atoms with Crippen molar-refractivity contribution < 1.29 is 4.79 Å². The molecule has 2 N–H and O–H groups in total. The van der Waals surface area contributed by atoms with Gasteiger partial charge in [0.25, 0.3) is 0 Å². The second kappa shape index (κ2) is 8.13. The molecule has 1 amide bonds. The van der Waals surface area contributed by atoms with Crippen molar-refractivity contribution in [1.29, 1.82) is 0 Å². The van der Waals surface area contributed by atoms with Gasteiger partial charge in [0.05, 0.1) is 0 Å². The monoisotopic (exact) mass is 411 g/mol. The highest BCUT2D eigenvalue weighted by molar-refractivity contribution is 5.94. The first kappa shape index (κ1) is 19.9. The molecule has 0 radical (unpaired) electrons. The largest absolute Gasteiger partial charge is 0.317 e. The van der Waals surface area contributed by atoms with Crippen molar-refractivity contribution >= 4 is 35.0 Å². The molecule has 2 fully saturated rings. The number of hydrogen-bond donors (Lipinski definition) is 2. The van der Waals surface area contributed by atoms with Crippen LogP contribution in [0.1, 0.15) is 42.5 Å². The highest BCUT2D eigenvalue weighted by atomic mass is 35.5. The second-order valence-electron chi connectivity index (χ2n) is 7.99. The summed E-state index contributed by atoms with van der Waals surface area (Å²) in [5, 5.41) is 13.4. The van der Waals surface area contributed by atoms with Gasteiger partial charge in [0, 0.05) is 18.9 Å². The van der Waals surface area contributed by atoms with Gasteiger partial charge in [-0.05, 0) is 54.6 Å². The van der Waals surface area contributed by atoms with Crippen LogP contribution >= 0.6 is 12.4 Å². The van der Waals surface area contributed by atoms with Gasteiger partial charge < -0.3 is 5.32 Å². The summed E-state index contributed by atoms with van der Waals surface area (Å²) in [5.41, 5.74) is 1.24. The Labute approximate surface area is 176 Å². The quantitative estimate of drug-likeness (QED) is 0.688. The standard InChI is InChI=1S/C22H25N5O.ClH/c1-27-22(24-20(26-27)15-8-10-23-11-9-15)25-21(28)19-13-18(19)17-7-6-14-4-2-3-5-16(14)12-17;/h2-7,12,15,18-19,23H,8-11,13H2,1H3,(H,24,25,26,28);1H. The van der Waals surface area contributed by atoms with Crippen LogP contribution in [0.3, 0.4) is 0 Å². The van der Waals surface area contributed by atoms with Gasteiger partial charge in [0.2, 0.25) is 11.9 Å². The third-order valence-corrected chi connectivity index (χ3v) is 6.05. The molecule has 1 saturated carbocycles. The number of halogens is 1. The van der Waals surface area contributed by atoms with Crippen LogP contribution in [0.15, 0.2) is 42.5 Å². The predicted molar refractivity (Wildman–Crippen MR) is 117 cm³/mol. The molecule has 2 aliphatic rings. The molecule has 0 bridgehead atoms. The molecule has 2 unspecified atom stereocenters. The molecule has 1 aromatic heterocycles. The Morgan fingerprint density at radius 1 is 1.14 bits per heavy atom. The zero-order valence-electron chi connectivity index (χ0n) is 16.5. The summed E-state index contributed by atoms with van der Waals surface area (Å²) in [5.74, 6) is 2.14. The molecule has 152 valence electrons. The number of carbonyl (C=O) groups excluding carboxylic acids is 1. The molecular weight excluding hydrogens is 386 g/mol. The molecule has 2 heterocycles. The smallest absolute Gasteiger partial charge is 0.230 e. The summed E-state index contributed by atoms with van der Waals surface area (Å²) in [4.78, 5) is 17.4. The molecular formula is C22H26ClN5O. The number of nitrogens with zero attached hydrogens (tertiary/aromatic N) is 3. The summed E-state index contributed by atoms with van der Waals surface area (Å²) in [6.07, 6.45) is 2.98. The maximum absolute atomic E-state index is 12.8. The normalized spacial score (nSPS) is 21.6. The summed E-state index contributed by atoms with van der Waals surface area (Å²) < 4.78 is 1.70. The van der Waals surface area contributed by atoms with Crippen LogP contribution in [-0.4, -0.2) is 33.8 Å². The van der Waals surface area contributed by atoms with E-state index in [-0.39, 0.29) is 24.2 Å². The molecule has 7 heteroatoms. The van der Waals surface area contributed by atoms with Crippen molar-refractivity contribution in [2.75, 3.05) is 18.4 Å². The summed E-state index contributed by atoms with van der Waals surface area (Å²) in [6, 6.07) is 14.8. The Hall–Kier alpha value is -2.44. The van der Waals surface area contributed by atoms with Crippen molar-refractivity contribution in [1.82, 2.24) is 20.1 Å². The van der Waals surface area contributed by atoms with E-state index in [1.165, 1.54) is 16.3 Å². The van der Waals surface area contributed by atoms with E-state index in [0.29, 0.717) is 17.8 Å². The fourth-order valence-corrected chi connectivity index (χ4v) is 4.26. The zero-order valence-corrected chi connectivity index (χ0v) is 17.3. The van der Waals surface area contributed by atoms with Gasteiger partial charge in [-0.1, -0.05) is 42.5 Å². The SMILES string of the molecule is Cl.Cn1nc(C2CCNCC2)nc1NC(=O)C1CC1c1ccc2ccccc2c1. The summed E-state index contributed by atoms with van der Waals surface area (Å²) in [7, 11) is 1.85. The number of piperidine rings is 1. The molecule has 6 nitrogen and oxygen atoms in total. The van der Waals surface area contributed by atoms with E-state index in [0.717, 1.165) is 38.2 Å². The van der Waals surface area contributed by atoms with Gasteiger partial charge in [-0.3, -0.25) is 10.1 Å². The van der Waals surface area contributed by atoms with Crippen LogP contribution in [0.25, 0.3) is 10.8 Å². The van der Waals surface area contributed by atoms with E-state index in [1.54, 1.807) is 4.68 Å². The van der Waals surface area contributed by atoms with E-state index in [2.05, 4.69) is 57.1 Å². The van der Waals surface area contributed by atoms with E-state index >= 15 is 0 Å². The zero-order chi connectivity index (χ0) is 19.1. The molecule has 5 rings (SSSR count). The first-order valence-electron chi connectivity index (χ1n) is 10.1. The topological polar surface area (TPSA) is 71.8 Å². The molecule has 2 aromatic carbocycles. The van der Waals surface area contributed by atoms with E-state index in [4.69, 9.17) is 0 Å². The lowest BCUT2D eigenvalue weighted by atomic mass is 9.98. The van der Waals surface area contributed by atoms with Crippen molar-refractivity contribution in [3.05, 3.63) is 53.9 Å². The van der Waals surface area contributed by atoms with Crippen molar-refractivity contribution in [2.24, 2.45) is 13.0 Å². The third kappa shape index (κ3) is 4.00. The molecule has 2 atom stereocenters. The van der Waals surface area contributed by atoms with Gasteiger partial charge in [0.1, 0.15) is 0 Å². The van der Waals surface area contributed by atoms with Crippen molar-refractivity contribution in [3.8, 4) is 0 Å². The molecule has 3 aromatic rings. The predicted octanol–water partition coefficient (Wildman–Crippen LogP) is 3.60. The molecule has 1 saturated heterocycles. The average Bonchev–Trinajstić information content (AvgIpc) is 3.46. The number of aromatic nitrogens is 3. The van der Waals surface area contributed by atoms with Crippen molar-refractivity contribution in [3.63, 3.8) is 0 Å². The van der Waals surface area contributed by atoms with Crippen LogP contribution in [0.4, 0.5) is 5.95 Å². The van der Waals surface area contributed by atoms with Crippen LogP contribution < -0.4 is 10.6 Å². The second-order valence-corrected chi connectivity index (χ2v) is 7.99. The van der Waals surface area contributed by atoms with E-state index in [1.807, 2.05) is 13.1 Å². The minimum atomic E-state index is 0. The number of fused-ring (bicyclic) bond motifs is 1. The van der Waals surface area contributed by atoms with E-state index in [9.17, 15) is 4.79 Å². The van der Waals surface area contributed by atoms with Crippen LogP contribution in [0.2, 0.25) is 0 Å². The summed E-state index contributed by atoms with van der Waals surface area (Å²) in [6.45, 7) is 2.00. The molecule has 0 spiro atoms. The molecule has 1 aliphatic heterocycles. The first-order valence-corrected chi connectivity index (χ1v) is 10.1. The Bertz CT molecular complexity index is 1030. The van der Waals surface area contributed by atoms with Crippen LogP contribution in [0, 0.1) is 5.92 Å². The minimum Gasteiger partial charge on any atom is -0.317 e. The molecule has 29 heavy (non-hydrogen) atoms. The van der Waals surface area contributed by atoms with Gasteiger partial charge in [-0.25, -0.2) is 4.68 Å². The number of amides is 1. The average molecular weight is 412 g/mol. The molecule has 1 aliphatic carbocycles. The maximum atomic E-state index is 12.8. The lowest BCUT2D eigenvalue weighted by Crippen LogP contribution is -2.27. The van der Waals surface area contributed by atoms with Gasteiger partial charge in [-0.2, -0.15) is 10.1 Å².